The van der Waals surface area contributed by atoms with Gasteiger partial charge in [-0.15, -0.1) is 0 Å². The molecule has 23 heavy (non-hydrogen) atoms. The van der Waals surface area contributed by atoms with Gasteiger partial charge in [0.15, 0.2) is 0 Å². The van der Waals surface area contributed by atoms with Crippen LogP contribution < -0.4 is 0 Å². The van der Waals surface area contributed by atoms with Gasteiger partial charge < -0.3 is 10.0 Å². The highest BCUT2D eigenvalue weighted by molar-refractivity contribution is 6.02. The topological polar surface area (TPSA) is 52.9 Å². The smallest absolute Gasteiger partial charge is 0.337 e. The van der Waals surface area contributed by atoms with Crippen LogP contribution in [0.3, 0.4) is 0 Å². The number of benzene rings is 1. The number of carboxylic acid groups (broad SMARTS) is 1. The second kappa shape index (κ2) is 5.39. The molecule has 0 saturated carbocycles. The fourth-order valence-electron chi connectivity index (χ4n) is 3.16. The van der Waals surface area contributed by atoms with Gasteiger partial charge in [-0.25, -0.2) is 9.79 Å². The lowest BCUT2D eigenvalue weighted by atomic mass is 10.1. The van der Waals surface area contributed by atoms with Crippen molar-refractivity contribution in [1.82, 2.24) is 4.90 Å². The van der Waals surface area contributed by atoms with Crippen LogP contribution in [-0.4, -0.2) is 28.4 Å². The van der Waals surface area contributed by atoms with E-state index >= 15 is 0 Å². The summed E-state index contributed by atoms with van der Waals surface area (Å²) in [5, 5.41) is 9.11. The second-order valence-corrected chi connectivity index (χ2v) is 5.85. The number of nitrogens with zero attached hydrogens (tertiary/aromatic N) is 2. The maximum Gasteiger partial charge on any atom is 0.337 e. The molecule has 0 unspecified atom stereocenters. The molecule has 1 aromatic rings. The predicted octanol–water partition coefficient (Wildman–Crippen LogP) is 3.37. The lowest BCUT2D eigenvalue weighted by Crippen LogP contribution is -2.32. The van der Waals surface area contributed by atoms with Gasteiger partial charge >= 0.3 is 5.97 Å². The van der Waals surface area contributed by atoms with E-state index in [1.54, 1.807) is 18.4 Å². The zero-order chi connectivity index (χ0) is 15.8. The van der Waals surface area contributed by atoms with Crippen molar-refractivity contribution in [2.75, 3.05) is 6.54 Å². The van der Waals surface area contributed by atoms with Crippen molar-refractivity contribution in [2.24, 2.45) is 4.99 Å². The summed E-state index contributed by atoms with van der Waals surface area (Å²) in [7, 11) is 0. The number of hydrogen-bond donors (Lipinski definition) is 1. The van der Waals surface area contributed by atoms with Crippen LogP contribution in [-0.2, 0) is 4.79 Å². The van der Waals surface area contributed by atoms with Gasteiger partial charge in [0.25, 0.3) is 0 Å². The molecule has 1 N–H and O–H groups in total. The van der Waals surface area contributed by atoms with Crippen LogP contribution in [0.5, 0.6) is 0 Å². The highest BCUT2D eigenvalue weighted by Crippen LogP contribution is 2.37. The number of hydrogen-bond acceptors (Lipinski definition) is 3. The minimum Gasteiger partial charge on any atom is -0.478 e. The standard InChI is InChI=1S/C19H16N2O2/c22-19(23)16-8-9-17-20-18-14(10-13-4-2-1-3-5-13)6-7-15(18)11-21(17)12-16/h1-5,8-10,12H,6-7,11H2,(H,22,23). The van der Waals surface area contributed by atoms with Crippen molar-refractivity contribution in [3.05, 3.63) is 76.7 Å². The first-order chi connectivity index (χ1) is 11.2. The average Bonchev–Trinajstić information content (AvgIpc) is 2.95. The molecule has 0 saturated heterocycles. The third-order valence-electron chi connectivity index (χ3n) is 4.31. The predicted molar refractivity (Wildman–Crippen MR) is 89.7 cm³/mol. The summed E-state index contributed by atoms with van der Waals surface area (Å²) < 4.78 is 0. The summed E-state index contributed by atoms with van der Waals surface area (Å²) in [6, 6.07) is 10.3. The Hall–Kier alpha value is -2.88. The molecule has 0 aromatic heterocycles. The summed E-state index contributed by atoms with van der Waals surface area (Å²) >= 11 is 0. The number of fused-ring (bicyclic) bond motifs is 1. The molecular formula is C19H16N2O2. The average molecular weight is 304 g/mol. The van der Waals surface area contributed by atoms with Crippen LogP contribution in [0.1, 0.15) is 18.4 Å². The molecule has 4 nitrogen and oxygen atoms in total. The Morgan fingerprint density at radius 3 is 2.78 bits per heavy atom. The van der Waals surface area contributed by atoms with Crippen LogP contribution >= 0.6 is 0 Å². The molecule has 1 aliphatic carbocycles. The van der Waals surface area contributed by atoms with Crippen molar-refractivity contribution in [1.29, 1.82) is 0 Å². The minimum atomic E-state index is -0.906. The van der Waals surface area contributed by atoms with Gasteiger partial charge in [0.2, 0.25) is 0 Å². The van der Waals surface area contributed by atoms with Gasteiger partial charge in [0.05, 0.1) is 11.3 Å². The van der Waals surface area contributed by atoms with E-state index in [0.29, 0.717) is 5.57 Å². The molecular weight excluding hydrogens is 288 g/mol. The van der Waals surface area contributed by atoms with E-state index in [1.807, 2.05) is 23.1 Å². The highest BCUT2D eigenvalue weighted by atomic mass is 16.4. The third-order valence-corrected chi connectivity index (χ3v) is 4.31. The SMILES string of the molecule is O=C(O)C1=CN2CC3=C(N=C2C=C1)C(=Cc1ccccc1)CC3. The largest absolute Gasteiger partial charge is 0.478 e. The van der Waals surface area contributed by atoms with E-state index in [4.69, 9.17) is 10.1 Å². The summed E-state index contributed by atoms with van der Waals surface area (Å²) in [6.07, 6.45) is 9.24. The van der Waals surface area contributed by atoms with Crippen LogP contribution in [0, 0.1) is 0 Å². The van der Waals surface area contributed by atoms with Gasteiger partial charge in [-0.3, -0.25) is 0 Å². The Morgan fingerprint density at radius 2 is 2.00 bits per heavy atom. The molecule has 0 amide bonds. The zero-order valence-electron chi connectivity index (χ0n) is 12.6. The number of carbonyl (C=O) groups is 1. The monoisotopic (exact) mass is 304 g/mol. The molecule has 2 aliphatic heterocycles. The van der Waals surface area contributed by atoms with Crippen LogP contribution in [0.25, 0.3) is 6.08 Å². The number of aliphatic carboxylic acids is 1. The first kappa shape index (κ1) is 13.8. The third kappa shape index (κ3) is 2.52. The Balaban J connectivity index is 1.66. The van der Waals surface area contributed by atoms with Gasteiger partial charge in [-0.1, -0.05) is 30.3 Å². The summed E-state index contributed by atoms with van der Waals surface area (Å²) in [4.78, 5) is 17.8. The molecule has 2 heterocycles. The minimum absolute atomic E-state index is 0.297. The maximum absolute atomic E-state index is 11.1. The van der Waals surface area contributed by atoms with Gasteiger partial charge in [-0.05, 0) is 47.8 Å². The fourth-order valence-corrected chi connectivity index (χ4v) is 3.16. The van der Waals surface area contributed by atoms with Crippen molar-refractivity contribution in [2.45, 2.75) is 12.8 Å². The summed E-state index contributed by atoms with van der Waals surface area (Å²) in [5.74, 6) is -0.0919. The lowest BCUT2D eigenvalue weighted by Gasteiger charge is -2.28. The molecule has 0 atom stereocenters. The molecule has 3 aliphatic rings. The second-order valence-electron chi connectivity index (χ2n) is 5.85. The molecule has 0 spiro atoms. The summed E-state index contributed by atoms with van der Waals surface area (Å²) in [5.41, 5.74) is 5.11. The normalized spacial score (nSPS) is 21.0. The molecule has 114 valence electrons. The Morgan fingerprint density at radius 1 is 1.17 bits per heavy atom. The molecule has 0 fully saturated rings. The molecule has 1 aromatic carbocycles. The van der Waals surface area contributed by atoms with E-state index in [2.05, 4.69) is 18.2 Å². The number of allylic oxidation sites excluding steroid dienone is 1. The first-order valence-electron chi connectivity index (χ1n) is 7.67. The number of rotatable bonds is 2. The fraction of sp³-hybridized carbons (Fsp3) is 0.158. The highest BCUT2D eigenvalue weighted by Gasteiger charge is 2.28. The molecule has 0 radical (unpaired) electrons. The zero-order valence-corrected chi connectivity index (χ0v) is 12.6. The van der Waals surface area contributed by atoms with E-state index in [0.717, 1.165) is 30.9 Å². The number of amidine groups is 1. The molecule has 4 rings (SSSR count). The van der Waals surface area contributed by atoms with E-state index in [1.165, 1.54) is 16.7 Å². The van der Waals surface area contributed by atoms with Crippen molar-refractivity contribution < 1.29 is 9.90 Å². The lowest BCUT2D eigenvalue weighted by molar-refractivity contribution is -0.132. The van der Waals surface area contributed by atoms with Crippen LogP contribution in [0.15, 0.2) is 76.1 Å². The Bertz CT molecular complexity index is 826. The summed E-state index contributed by atoms with van der Waals surface area (Å²) in [6.45, 7) is 0.724. The molecule has 4 heteroatoms. The van der Waals surface area contributed by atoms with E-state index in [-0.39, 0.29) is 0 Å². The van der Waals surface area contributed by atoms with E-state index < -0.39 is 5.97 Å². The van der Waals surface area contributed by atoms with Crippen molar-refractivity contribution in [3.63, 3.8) is 0 Å². The van der Waals surface area contributed by atoms with E-state index in [9.17, 15) is 4.79 Å². The van der Waals surface area contributed by atoms with Crippen LogP contribution in [0.4, 0.5) is 0 Å². The number of aliphatic imine (C=N–C) groups is 1. The van der Waals surface area contributed by atoms with Crippen molar-refractivity contribution in [3.8, 4) is 0 Å². The van der Waals surface area contributed by atoms with Crippen molar-refractivity contribution >= 4 is 17.9 Å². The maximum atomic E-state index is 11.1. The first-order valence-corrected chi connectivity index (χ1v) is 7.67. The Labute approximate surface area is 134 Å². The van der Waals surface area contributed by atoms with Gasteiger partial charge in [0.1, 0.15) is 5.84 Å². The van der Waals surface area contributed by atoms with Gasteiger partial charge in [0, 0.05) is 12.7 Å². The van der Waals surface area contributed by atoms with Gasteiger partial charge in [-0.2, -0.15) is 0 Å². The quantitative estimate of drug-likeness (QED) is 0.911. The molecule has 0 bridgehead atoms. The van der Waals surface area contributed by atoms with Crippen LogP contribution in [0.2, 0.25) is 0 Å². The number of carboxylic acids is 1. The Kier molecular flexibility index (Phi) is 3.23.